The third kappa shape index (κ3) is 4.37. The van der Waals surface area contributed by atoms with Gasteiger partial charge < -0.3 is 9.42 Å². The summed E-state index contributed by atoms with van der Waals surface area (Å²) in [4.78, 5) is 20.3. The molecule has 1 aliphatic rings. The molecule has 1 saturated heterocycles. The molecule has 0 saturated carbocycles. The van der Waals surface area contributed by atoms with Crippen LogP contribution in [0.4, 0.5) is 13.2 Å². The summed E-state index contributed by atoms with van der Waals surface area (Å²) in [5.41, 5.74) is 7.95. The average Bonchev–Trinajstić information content (AvgIpc) is 3.16. The predicted octanol–water partition coefficient (Wildman–Crippen LogP) is 3.77. The number of rotatable bonds is 4. The van der Waals surface area contributed by atoms with Crippen LogP contribution in [-0.2, 0) is 11.0 Å². The highest BCUT2D eigenvalue weighted by molar-refractivity contribution is 5.78. The van der Waals surface area contributed by atoms with Gasteiger partial charge in [-0.25, -0.2) is 0 Å². The quantitative estimate of drug-likeness (QED) is 0.457. The van der Waals surface area contributed by atoms with Gasteiger partial charge in [0.15, 0.2) is 0 Å². The molecule has 1 fully saturated rings. The van der Waals surface area contributed by atoms with Crippen molar-refractivity contribution in [3.8, 4) is 11.4 Å². The lowest BCUT2D eigenvalue weighted by molar-refractivity contribution is -0.137. The summed E-state index contributed by atoms with van der Waals surface area (Å²) >= 11 is 0. The fourth-order valence-electron chi connectivity index (χ4n) is 2.89. The molecular weight excluding hydrogens is 365 g/mol. The van der Waals surface area contributed by atoms with Crippen molar-refractivity contribution in [3.05, 3.63) is 46.2 Å². The zero-order valence-electron chi connectivity index (χ0n) is 14.1. The fourth-order valence-corrected chi connectivity index (χ4v) is 2.89. The van der Waals surface area contributed by atoms with E-state index in [1.165, 1.54) is 12.1 Å². The Hall–Kier alpha value is -3.07. The van der Waals surface area contributed by atoms with Gasteiger partial charge in [-0.3, -0.25) is 4.79 Å². The lowest BCUT2D eigenvalue weighted by Gasteiger charge is -2.30. The first-order valence-corrected chi connectivity index (χ1v) is 8.18. The maximum Gasteiger partial charge on any atom is 0.416 e. The number of aromatic nitrogens is 2. The molecule has 8 nitrogen and oxygen atoms in total. The van der Waals surface area contributed by atoms with Crippen molar-refractivity contribution in [1.29, 1.82) is 0 Å². The smallest absolute Gasteiger partial charge is 0.343 e. The van der Waals surface area contributed by atoms with Gasteiger partial charge in [-0.2, -0.15) is 18.2 Å². The van der Waals surface area contributed by atoms with E-state index in [2.05, 4.69) is 20.2 Å². The van der Waals surface area contributed by atoms with Crippen LogP contribution in [0.3, 0.4) is 0 Å². The molecule has 0 radical (unpaired) electrons. The average molecular weight is 380 g/mol. The van der Waals surface area contributed by atoms with Gasteiger partial charge in [0.05, 0.1) is 5.56 Å². The number of azide groups is 1. The normalized spacial score (nSPS) is 15.4. The molecule has 1 aliphatic heterocycles. The van der Waals surface area contributed by atoms with E-state index >= 15 is 0 Å². The van der Waals surface area contributed by atoms with E-state index < -0.39 is 11.7 Å². The minimum absolute atomic E-state index is 0.0378. The van der Waals surface area contributed by atoms with Crippen molar-refractivity contribution >= 4 is 5.91 Å². The van der Waals surface area contributed by atoms with Crippen LogP contribution in [0.15, 0.2) is 33.9 Å². The van der Waals surface area contributed by atoms with Crippen molar-refractivity contribution in [2.24, 2.45) is 5.11 Å². The standard InChI is InChI=1S/C16H15F3N6O2/c17-16(18,19)12-3-1-10(2-4-12)14-22-15(27-23-14)11-5-7-25(8-6-11)13(26)9-21-24-20/h1-4,11H,5-9H2. The van der Waals surface area contributed by atoms with Crippen molar-refractivity contribution in [1.82, 2.24) is 15.0 Å². The molecule has 142 valence electrons. The summed E-state index contributed by atoms with van der Waals surface area (Å²) in [6.07, 6.45) is -3.18. The highest BCUT2D eigenvalue weighted by Crippen LogP contribution is 2.32. The van der Waals surface area contributed by atoms with Gasteiger partial charge in [0.2, 0.25) is 17.6 Å². The first-order chi connectivity index (χ1) is 12.9. The Labute approximate surface area is 151 Å². The molecule has 2 aromatic rings. The topological polar surface area (TPSA) is 108 Å². The zero-order chi connectivity index (χ0) is 19.4. The lowest BCUT2D eigenvalue weighted by Crippen LogP contribution is -2.39. The highest BCUT2D eigenvalue weighted by atomic mass is 19.4. The second-order valence-electron chi connectivity index (χ2n) is 6.08. The van der Waals surface area contributed by atoms with Gasteiger partial charge in [-0.1, -0.05) is 22.4 Å². The number of likely N-dealkylation sites (tertiary alicyclic amines) is 1. The molecule has 2 heterocycles. The molecule has 1 aromatic heterocycles. The van der Waals surface area contributed by atoms with Crippen LogP contribution in [0.5, 0.6) is 0 Å². The first-order valence-electron chi connectivity index (χ1n) is 8.18. The number of nitrogens with zero attached hydrogens (tertiary/aromatic N) is 6. The summed E-state index contributed by atoms with van der Waals surface area (Å²) in [5.74, 6) is 0.346. The predicted molar refractivity (Wildman–Crippen MR) is 87.3 cm³/mol. The SMILES string of the molecule is [N-]=[N+]=NCC(=O)N1CCC(c2nc(-c3ccc(C(F)(F)F)cc3)no2)CC1. The Morgan fingerprint density at radius 2 is 1.96 bits per heavy atom. The van der Waals surface area contributed by atoms with Gasteiger partial charge in [0, 0.05) is 29.5 Å². The number of halogens is 3. The number of hydrogen-bond acceptors (Lipinski definition) is 5. The molecule has 1 aromatic carbocycles. The van der Waals surface area contributed by atoms with Crippen LogP contribution < -0.4 is 0 Å². The van der Waals surface area contributed by atoms with Crippen LogP contribution in [0.25, 0.3) is 21.8 Å². The van der Waals surface area contributed by atoms with Crippen LogP contribution in [0.1, 0.15) is 30.2 Å². The van der Waals surface area contributed by atoms with E-state index in [4.69, 9.17) is 10.1 Å². The van der Waals surface area contributed by atoms with E-state index in [-0.39, 0.29) is 24.2 Å². The van der Waals surface area contributed by atoms with Crippen LogP contribution >= 0.6 is 0 Å². The molecule has 0 N–H and O–H groups in total. The summed E-state index contributed by atoms with van der Waals surface area (Å²) in [6, 6.07) is 4.54. The number of alkyl halides is 3. The molecule has 1 amide bonds. The number of piperidine rings is 1. The first kappa shape index (κ1) is 18.7. The second-order valence-corrected chi connectivity index (χ2v) is 6.08. The highest BCUT2D eigenvalue weighted by Gasteiger charge is 2.30. The molecule has 3 rings (SSSR count). The van der Waals surface area contributed by atoms with Gasteiger partial charge >= 0.3 is 6.18 Å². The van der Waals surface area contributed by atoms with Gasteiger partial charge in [0.25, 0.3) is 0 Å². The maximum atomic E-state index is 12.6. The number of carbonyl (C=O) groups excluding carboxylic acids is 1. The van der Waals surface area contributed by atoms with Crippen LogP contribution in [0.2, 0.25) is 0 Å². The molecular formula is C16H15F3N6O2. The third-order valence-electron chi connectivity index (χ3n) is 4.38. The number of carbonyl (C=O) groups is 1. The van der Waals surface area contributed by atoms with E-state index in [9.17, 15) is 18.0 Å². The molecule has 0 bridgehead atoms. The van der Waals surface area contributed by atoms with Crippen LogP contribution in [-0.4, -0.2) is 40.6 Å². The fraction of sp³-hybridized carbons (Fsp3) is 0.438. The van der Waals surface area contributed by atoms with Crippen molar-refractivity contribution in [2.45, 2.75) is 24.9 Å². The summed E-state index contributed by atoms with van der Waals surface area (Å²) in [7, 11) is 0. The van der Waals surface area contributed by atoms with Gasteiger partial charge in [0.1, 0.15) is 6.54 Å². The third-order valence-corrected chi connectivity index (χ3v) is 4.38. The van der Waals surface area contributed by atoms with E-state index in [1.807, 2.05) is 0 Å². The molecule has 0 spiro atoms. The molecule has 0 atom stereocenters. The lowest BCUT2D eigenvalue weighted by atomic mass is 9.96. The van der Waals surface area contributed by atoms with E-state index in [1.54, 1.807) is 4.90 Å². The van der Waals surface area contributed by atoms with Crippen molar-refractivity contribution < 1.29 is 22.5 Å². The summed E-state index contributed by atoms with van der Waals surface area (Å²) in [6.45, 7) is 0.741. The monoisotopic (exact) mass is 380 g/mol. The van der Waals surface area contributed by atoms with Crippen molar-refractivity contribution in [2.75, 3.05) is 19.6 Å². The number of benzene rings is 1. The van der Waals surface area contributed by atoms with Gasteiger partial charge in [-0.15, -0.1) is 0 Å². The van der Waals surface area contributed by atoms with Crippen LogP contribution in [0, 0.1) is 0 Å². The Morgan fingerprint density at radius 3 is 2.56 bits per heavy atom. The largest absolute Gasteiger partial charge is 0.416 e. The van der Waals surface area contributed by atoms with E-state index in [0.29, 0.717) is 37.4 Å². The maximum absolute atomic E-state index is 12.6. The molecule has 11 heteroatoms. The Bertz CT molecular complexity index is 850. The molecule has 27 heavy (non-hydrogen) atoms. The summed E-state index contributed by atoms with van der Waals surface area (Å²) < 4.78 is 43.1. The van der Waals surface area contributed by atoms with Crippen molar-refractivity contribution in [3.63, 3.8) is 0 Å². The minimum atomic E-state index is -4.40. The Morgan fingerprint density at radius 1 is 1.30 bits per heavy atom. The minimum Gasteiger partial charge on any atom is -0.343 e. The number of hydrogen-bond donors (Lipinski definition) is 0. The summed E-state index contributed by atoms with van der Waals surface area (Å²) in [5, 5.41) is 7.11. The molecule has 0 unspecified atom stereocenters. The Kier molecular flexibility index (Phi) is 5.31. The number of amides is 1. The Balaban J connectivity index is 1.63. The van der Waals surface area contributed by atoms with E-state index in [0.717, 1.165) is 12.1 Å². The molecule has 0 aliphatic carbocycles. The second kappa shape index (κ2) is 7.67. The zero-order valence-corrected chi connectivity index (χ0v) is 14.1. The van der Waals surface area contributed by atoms with Gasteiger partial charge in [-0.05, 0) is 30.5 Å².